The molecule has 1 unspecified atom stereocenters. The number of amides is 2. The molecule has 34 heavy (non-hydrogen) atoms. The molecular formula is C24H28FN7O2. The van der Waals surface area contributed by atoms with Crippen molar-refractivity contribution in [2.45, 2.75) is 44.8 Å². The van der Waals surface area contributed by atoms with Crippen LogP contribution in [0.5, 0.6) is 0 Å². The average Bonchev–Trinajstić information content (AvgIpc) is 3.33. The topological polar surface area (TPSA) is 130 Å². The van der Waals surface area contributed by atoms with Gasteiger partial charge in [0.1, 0.15) is 11.9 Å². The number of fused-ring (bicyclic) bond motifs is 1. The van der Waals surface area contributed by atoms with Crippen LogP contribution < -0.4 is 11.1 Å². The van der Waals surface area contributed by atoms with Crippen molar-refractivity contribution < 1.29 is 14.0 Å². The van der Waals surface area contributed by atoms with Crippen LogP contribution in [0.15, 0.2) is 61.2 Å². The van der Waals surface area contributed by atoms with Crippen molar-refractivity contribution in [1.82, 2.24) is 25.5 Å². The largest absolute Gasteiger partial charge is 0.327 e. The monoisotopic (exact) mass is 465 g/mol. The highest BCUT2D eigenvalue weighted by Gasteiger charge is 2.35. The highest BCUT2D eigenvalue weighted by molar-refractivity contribution is 5.96. The predicted molar refractivity (Wildman–Crippen MR) is 126 cm³/mol. The van der Waals surface area contributed by atoms with E-state index in [4.69, 9.17) is 5.73 Å². The fourth-order valence-electron chi connectivity index (χ4n) is 3.79. The predicted octanol–water partition coefficient (Wildman–Crippen LogP) is 2.38. The first-order valence-electron chi connectivity index (χ1n) is 10.9. The number of carbonyl (C=O) groups excluding carboxylic acids is 2. The fraction of sp³-hybridized carbons (Fsp3) is 0.292. The number of rotatable bonds is 6. The molecule has 2 aromatic carbocycles. The average molecular weight is 466 g/mol. The van der Waals surface area contributed by atoms with Gasteiger partial charge < -0.3 is 10.6 Å². The Morgan fingerprint density at radius 3 is 2.62 bits per heavy atom. The van der Waals surface area contributed by atoms with Crippen molar-refractivity contribution in [2.75, 3.05) is 5.32 Å². The van der Waals surface area contributed by atoms with Crippen LogP contribution in [0.25, 0.3) is 0 Å². The molecule has 4 N–H and O–H groups in total. The number of benzene rings is 2. The summed E-state index contributed by atoms with van der Waals surface area (Å²) in [5.74, 6) is -0.999. The van der Waals surface area contributed by atoms with Crippen molar-refractivity contribution in [3.8, 4) is 0 Å². The van der Waals surface area contributed by atoms with Crippen LogP contribution >= 0.6 is 0 Å². The molecule has 3 aromatic rings. The summed E-state index contributed by atoms with van der Waals surface area (Å²) in [4.78, 5) is 27.6. The molecule has 0 saturated carbocycles. The van der Waals surface area contributed by atoms with E-state index < -0.39 is 18.0 Å². The third kappa shape index (κ3) is 6.32. The van der Waals surface area contributed by atoms with Gasteiger partial charge in [-0.1, -0.05) is 53.6 Å². The van der Waals surface area contributed by atoms with Crippen molar-refractivity contribution in [3.63, 3.8) is 0 Å². The normalized spacial score (nSPS) is 15.4. The van der Waals surface area contributed by atoms with Gasteiger partial charge in [0.15, 0.2) is 0 Å². The number of anilines is 1. The van der Waals surface area contributed by atoms with E-state index in [1.54, 1.807) is 24.3 Å². The number of nitrogens with one attached hydrogen (secondary N) is 2. The molecule has 2 amide bonds. The zero-order valence-electron chi connectivity index (χ0n) is 18.9. The second kappa shape index (κ2) is 11.8. The molecule has 2 atom stereocenters. The van der Waals surface area contributed by atoms with Crippen molar-refractivity contribution >= 4 is 17.8 Å². The van der Waals surface area contributed by atoms with Gasteiger partial charge in [-0.3, -0.25) is 14.9 Å². The molecule has 2 heterocycles. The number of H-pyrrole nitrogens is 1. The van der Waals surface area contributed by atoms with Crippen LogP contribution in [-0.4, -0.2) is 49.4 Å². The van der Waals surface area contributed by atoms with Crippen LogP contribution in [0.3, 0.4) is 0 Å². The second-order valence-electron chi connectivity index (χ2n) is 7.90. The molecule has 0 spiro atoms. The molecule has 1 aliphatic heterocycles. The van der Waals surface area contributed by atoms with Crippen LogP contribution in [-0.2, 0) is 29.0 Å². The molecule has 9 nitrogen and oxygen atoms in total. The lowest BCUT2D eigenvalue weighted by Gasteiger charge is -2.36. The van der Waals surface area contributed by atoms with Gasteiger partial charge in [-0.25, -0.2) is 4.39 Å². The maximum Gasteiger partial charge on any atom is 0.269 e. The Morgan fingerprint density at radius 2 is 1.94 bits per heavy atom. The van der Waals surface area contributed by atoms with E-state index in [0.717, 1.165) is 11.1 Å². The number of aromatic nitrogens is 4. The Balaban J connectivity index is 0.00000103. The SMILES string of the molecule is C=CC.NC(CC(=O)N1Cc2ccccc2C[C@H]1C(=O)Nc1nn[nH]n1)Cc1ccccc1F. The maximum atomic E-state index is 13.9. The molecule has 10 heteroatoms. The molecule has 0 bridgehead atoms. The molecule has 4 rings (SSSR count). The summed E-state index contributed by atoms with van der Waals surface area (Å²) in [6.45, 7) is 5.53. The Hall–Kier alpha value is -3.92. The Labute approximate surface area is 197 Å². The summed E-state index contributed by atoms with van der Waals surface area (Å²) in [6, 6.07) is 12.7. The number of nitrogens with zero attached hydrogens (tertiary/aromatic N) is 4. The molecule has 178 valence electrons. The van der Waals surface area contributed by atoms with Crippen molar-refractivity contribution in [1.29, 1.82) is 0 Å². The van der Waals surface area contributed by atoms with E-state index in [0.29, 0.717) is 12.0 Å². The van der Waals surface area contributed by atoms with Gasteiger partial charge in [-0.15, -0.1) is 11.7 Å². The lowest BCUT2D eigenvalue weighted by molar-refractivity contribution is -0.140. The van der Waals surface area contributed by atoms with Gasteiger partial charge in [0.05, 0.1) is 0 Å². The van der Waals surface area contributed by atoms with Crippen LogP contribution in [0.1, 0.15) is 30.0 Å². The summed E-state index contributed by atoms with van der Waals surface area (Å²) < 4.78 is 13.9. The molecular weight excluding hydrogens is 437 g/mol. The minimum absolute atomic E-state index is 0.0114. The van der Waals surface area contributed by atoms with E-state index in [2.05, 4.69) is 32.5 Å². The van der Waals surface area contributed by atoms with Crippen molar-refractivity contribution in [3.05, 3.63) is 83.7 Å². The quantitative estimate of drug-likeness (QED) is 0.479. The summed E-state index contributed by atoms with van der Waals surface area (Å²) >= 11 is 0. The summed E-state index contributed by atoms with van der Waals surface area (Å²) in [7, 11) is 0. The number of allylic oxidation sites excluding steroid dienone is 1. The minimum atomic E-state index is -0.749. The smallest absolute Gasteiger partial charge is 0.269 e. The van der Waals surface area contributed by atoms with Gasteiger partial charge in [-0.2, -0.15) is 5.21 Å². The van der Waals surface area contributed by atoms with E-state index in [1.165, 1.54) is 11.0 Å². The Kier molecular flexibility index (Phi) is 8.58. The van der Waals surface area contributed by atoms with Crippen LogP contribution in [0, 0.1) is 5.82 Å². The van der Waals surface area contributed by atoms with Gasteiger partial charge in [0, 0.05) is 25.4 Å². The second-order valence-corrected chi connectivity index (χ2v) is 7.90. The first-order chi connectivity index (χ1) is 16.4. The standard InChI is InChI=1S/C21H22FN7O2.C3H6/c22-17-8-4-3-6-14(17)9-16(23)11-19(30)29-12-15-7-2-1-5-13(15)10-18(29)20(31)24-21-25-27-28-26-21;1-3-2/h1-8,16,18H,9-12,23H2,(H2,24,25,26,27,28,31);3H,1H2,2H3/t16?,18-;/m0./s1. The van der Waals surface area contributed by atoms with Gasteiger partial charge in [0.2, 0.25) is 11.8 Å². The number of tetrazole rings is 1. The molecule has 0 fully saturated rings. The summed E-state index contributed by atoms with van der Waals surface area (Å²) in [5.41, 5.74) is 8.59. The number of aromatic amines is 1. The molecule has 1 aromatic heterocycles. The third-order valence-corrected chi connectivity index (χ3v) is 5.33. The lowest BCUT2D eigenvalue weighted by atomic mass is 9.92. The third-order valence-electron chi connectivity index (χ3n) is 5.33. The molecule has 0 saturated heterocycles. The van der Waals surface area contributed by atoms with E-state index in [-0.39, 0.29) is 37.1 Å². The highest BCUT2D eigenvalue weighted by Crippen LogP contribution is 2.25. The highest BCUT2D eigenvalue weighted by atomic mass is 19.1. The van der Waals surface area contributed by atoms with Crippen LogP contribution in [0.4, 0.5) is 10.3 Å². The molecule has 1 aliphatic rings. The van der Waals surface area contributed by atoms with Crippen molar-refractivity contribution in [2.24, 2.45) is 5.73 Å². The fourth-order valence-corrected chi connectivity index (χ4v) is 3.79. The maximum absolute atomic E-state index is 13.9. The van der Waals surface area contributed by atoms with Gasteiger partial charge in [0.25, 0.3) is 5.95 Å². The first-order valence-corrected chi connectivity index (χ1v) is 10.9. The van der Waals surface area contributed by atoms with Crippen LogP contribution in [0.2, 0.25) is 0 Å². The van der Waals surface area contributed by atoms with E-state index >= 15 is 0 Å². The summed E-state index contributed by atoms with van der Waals surface area (Å²) in [5, 5.41) is 15.7. The number of carbonyl (C=O) groups is 2. The Morgan fingerprint density at radius 1 is 1.26 bits per heavy atom. The lowest BCUT2D eigenvalue weighted by Crippen LogP contribution is -2.51. The number of nitrogens with two attached hydrogens (primary N) is 1. The minimum Gasteiger partial charge on any atom is -0.327 e. The molecule has 0 radical (unpaired) electrons. The van der Waals surface area contributed by atoms with E-state index in [1.807, 2.05) is 31.2 Å². The Bertz CT molecular complexity index is 1120. The summed E-state index contributed by atoms with van der Waals surface area (Å²) in [6.07, 6.45) is 2.32. The number of hydrogen-bond donors (Lipinski definition) is 3. The van der Waals surface area contributed by atoms with Gasteiger partial charge >= 0.3 is 0 Å². The number of halogens is 1. The van der Waals surface area contributed by atoms with E-state index in [9.17, 15) is 14.0 Å². The van der Waals surface area contributed by atoms with Gasteiger partial charge in [-0.05, 0) is 41.3 Å². The number of hydrogen-bond acceptors (Lipinski definition) is 6. The zero-order valence-corrected chi connectivity index (χ0v) is 18.9. The first kappa shape index (κ1) is 24.7. The molecule has 0 aliphatic carbocycles. The zero-order chi connectivity index (χ0) is 24.5.